The Morgan fingerprint density at radius 3 is 2.44 bits per heavy atom. The number of nitrogens with zero attached hydrogens (tertiary/aromatic N) is 1. The number of carboxylic acid groups (broad SMARTS) is 1. The van der Waals surface area contributed by atoms with E-state index >= 15 is 0 Å². The van der Waals surface area contributed by atoms with Crippen LogP contribution in [0.1, 0.15) is 46.0 Å². The molecule has 1 N–H and O–H groups in total. The molecule has 0 bridgehead atoms. The lowest BCUT2D eigenvalue weighted by molar-refractivity contribution is -0.148. The molecular weight excluding hydrogens is 230 g/mol. The summed E-state index contributed by atoms with van der Waals surface area (Å²) in [6.45, 7) is 5.33. The first-order valence-electron chi connectivity index (χ1n) is 6.97. The molecule has 0 spiro atoms. The van der Waals surface area contributed by atoms with Crippen molar-refractivity contribution in [1.29, 1.82) is 0 Å². The van der Waals surface area contributed by atoms with E-state index in [1.54, 1.807) is 4.90 Å². The molecule has 0 radical (unpaired) electrons. The van der Waals surface area contributed by atoms with Crippen LogP contribution in [-0.4, -0.2) is 35.0 Å². The number of amides is 1. The minimum atomic E-state index is -0.767. The summed E-state index contributed by atoms with van der Waals surface area (Å²) in [6.07, 6.45) is 4.66. The Kier molecular flexibility index (Phi) is 3.64. The second-order valence-corrected chi connectivity index (χ2v) is 6.31. The molecule has 1 saturated heterocycles. The maximum absolute atomic E-state index is 12.6. The monoisotopic (exact) mass is 253 g/mol. The summed E-state index contributed by atoms with van der Waals surface area (Å²) in [6, 6.07) is 0. The highest BCUT2D eigenvalue weighted by Crippen LogP contribution is 2.47. The first kappa shape index (κ1) is 13.4. The Morgan fingerprint density at radius 1 is 1.39 bits per heavy atom. The van der Waals surface area contributed by atoms with Gasteiger partial charge < -0.3 is 10.0 Å². The molecule has 4 heteroatoms. The van der Waals surface area contributed by atoms with Crippen molar-refractivity contribution in [2.75, 3.05) is 13.1 Å². The summed E-state index contributed by atoms with van der Waals surface area (Å²) < 4.78 is 0. The van der Waals surface area contributed by atoms with Crippen LogP contribution < -0.4 is 0 Å². The van der Waals surface area contributed by atoms with E-state index in [9.17, 15) is 9.59 Å². The number of carbonyl (C=O) groups is 2. The standard InChI is InChI=1S/C14H23NO3/c1-10(2)8-14(5-3-6-14)13(18)15-7-4-11(9-15)12(16)17/h10-11H,3-9H2,1-2H3,(H,16,17). The normalized spacial score (nSPS) is 26.2. The molecule has 4 nitrogen and oxygen atoms in total. The lowest BCUT2D eigenvalue weighted by Gasteiger charge is -2.44. The SMILES string of the molecule is CC(C)CC1(C(=O)N2CCC(C(=O)O)C2)CCC1. The summed E-state index contributed by atoms with van der Waals surface area (Å²) in [7, 11) is 0. The predicted octanol–water partition coefficient (Wildman–Crippen LogP) is 2.14. The molecular formula is C14H23NO3. The van der Waals surface area contributed by atoms with Gasteiger partial charge in [0.05, 0.1) is 5.92 Å². The maximum Gasteiger partial charge on any atom is 0.308 e. The number of carbonyl (C=O) groups excluding carboxylic acids is 1. The molecule has 2 aliphatic rings. The van der Waals surface area contributed by atoms with E-state index in [-0.39, 0.29) is 17.2 Å². The summed E-state index contributed by atoms with van der Waals surface area (Å²) in [5, 5.41) is 8.99. The van der Waals surface area contributed by atoms with Crippen molar-refractivity contribution in [3.63, 3.8) is 0 Å². The van der Waals surface area contributed by atoms with Crippen LogP contribution in [0.25, 0.3) is 0 Å². The minimum absolute atomic E-state index is 0.165. The molecule has 1 atom stereocenters. The van der Waals surface area contributed by atoms with Crippen molar-refractivity contribution in [3.05, 3.63) is 0 Å². The van der Waals surface area contributed by atoms with Crippen LogP contribution in [0.4, 0.5) is 0 Å². The molecule has 1 aliphatic carbocycles. The number of rotatable bonds is 4. The van der Waals surface area contributed by atoms with Gasteiger partial charge in [0.25, 0.3) is 0 Å². The van der Waals surface area contributed by atoms with Gasteiger partial charge in [-0.15, -0.1) is 0 Å². The second kappa shape index (κ2) is 4.90. The van der Waals surface area contributed by atoms with Crippen LogP contribution in [0, 0.1) is 17.3 Å². The van der Waals surface area contributed by atoms with E-state index < -0.39 is 5.97 Å². The van der Waals surface area contributed by atoms with Gasteiger partial charge in [0.2, 0.25) is 5.91 Å². The molecule has 2 fully saturated rings. The average Bonchev–Trinajstić information content (AvgIpc) is 2.71. The second-order valence-electron chi connectivity index (χ2n) is 6.31. The Hall–Kier alpha value is -1.06. The molecule has 1 aliphatic heterocycles. The van der Waals surface area contributed by atoms with Gasteiger partial charge in [-0.2, -0.15) is 0 Å². The van der Waals surface area contributed by atoms with Crippen molar-refractivity contribution in [2.45, 2.75) is 46.0 Å². The third-order valence-electron chi connectivity index (χ3n) is 4.39. The van der Waals surface area contributed by atoms with Gasteiger partial charge in [0.15, 0.2) is 0 Å². The fraction of sp³-hybridized carbons (Fsp3) is 0.857. The average molecular weight is 253 g/mol. The van der Waals surface area contributed by atoms with Crippen LogP contribution in [0.5, 0.6) is 0 Å². The molecule has 1 amide bonds. The van der Waals surface area contributed by atoms with Crippen molar-refractivity contribution in [1.82, 2.24) is 4.90 Å². The number of hydrogen-bond acceptors (Lipinski definition) is 2. The zero-order valence-electron chi connectivity index (χ0n) is 11.3. The van der Waals surface area contributed by atoms with Crippen molar-refractivity contribution < 1.29 is 14.7 Å². The maximum atomic E-state index is 12.6. The molecule has 0 aromatic heterocycles. The van der Waals surface area contributed by atoms with Gasteiger partial charge in [-0.25, -0.2) is 0 Å². The van der Waals surface area contributed by atoms with Crippen molar-refractivity contribution >= 4 is 11.9 Å². The zero-order valence-corrected chi connectivity index (χ0v) is 11.3. The van der Waals surface area contributed by atoms with Gasteiger partial charge >= 0.3 is 5.97 Å². The highest BCUT2D eigenvalue weighted by atomic mass is 16.4. The highest BCUT2D eigenvalue weighted by molar-refractivity contribution is 5.85. The lowest BCUT2D eigenvalue weighted by atomic mass is 9.63. The van der Waals surface area contributed by atoms with E-state index in [2.05, 4.69) is 13.8 Å². The van der Waals surface area contributed by atoms with Gasteiger partial charge in [-0.05, 0) is 31.6 Å². The smallest absolute Gasteiger partial charge is 0.308 e. The molecule has 18 heavy (non-hydrogen) atoms. The first-order valence-corrected chi connectivity index (χ1v) is 6.97. The number of likely N-dealkylation sites (tertiary alicyclic amines) is 1. The molecule has 1 heterocycles. The van der Waals surface area contributed by atoms with Gasteiger partial charge in [0, 0.05) is 18.5 Å². The molecule has 1 saturated carbocycles. The zero-order chi connectivity index (χ0) is 13.3. The molecule has 102 valence electrons. The van der Waals surface area contributed by atoms with E-state index in [4.69, 9.17) is 5.11 Å². The molecule has 2 rings (SSSR count). The van der Waals surface area contributed by atoms with Gasteiger partial charge in [-0.3, -0.25) is 9.59 Å². The summed E-state index contributed by atoms with van der Waals surface area (Å²) in [5.74, 6) is -0.389. The molecule has 0 aromatic carbocycles. The highest BCUT2D eigenvalue weighted by Gasteiger charge is 2.47. The van der Waals surface area contributed by atoms with Gasteiger partial charge in [0.1, 0.15) is 0 Å². The largest absolute Gasteiger partial charge is 0.481 e. The Bertz CT molecular complexity index is 347. The summed E-state index contributed by atoms with van der Waals surface area (Å²) >= 11 is 0. The predicted molar refractivity (Wildman–Crippen MR) is 68.1 cm³/mol. The van der Waals surface area contributed by atoms with E-state index in [1.807, 2.05) is 0 Å². The van der Waals surface area contributed by atoms with Crippen LogP contribution in [0.15, 0.2) is 0 Å². The number of aliphatic carboxylic acids is 1. The van der Waals surface area contributed by atoms with Crippen LogP contribution in [-0.2, 0) is 9.59 Å². The third kappa shape index (κ3) is 2.38. The molecule has 1 unspecified atom stereocenters. The van der Waals surface area contributed by atoms with E-state index in [1.165, 1.54) is 0 Å². The fourth-order valence-electron chi connectivity index (χ4n) is 3.37. The third-order valence-corrected chi connectivity index (χ3v) is 4.39. The van der Waals surface area contributed by atoms with Crippen molar-refractivity contribution in [3.8, 4) is 0 Å². The topological polar surface area (TPSA) is 57.6 Å². The Morgan fingerprint density at radius 2 is 2.06 bits per heavy atom. The van der Waals surface area contributed by atoms with Crippen LogP contribution in [0.3, 0.4) is 0 Å². The quantitative estimate of drug-likeness (QED) is 0.835. The van der Waals surface area contributed by atoms with E-state index in [0.29, 0.717) is 25.4 Å². The number of hydrogen-bond donors (Lipinski definition) is 1. The van der Waals surface area contributed by atoms with Crippen molar-refractivity contribution in [2.24, 2.45) is 17.3 Å². The minimum Gasteiger partial charge on any atom is -0.481 e. The summed E-state index contributed by atoms with van der Waals surface area (Å²) in [4.78, 5) is 25.3. The summed E-state index contributed by atoms with van der Waals surface area (Å²) in [5.41, 5.74) is -0.165. The van der Waals surface area contributed by atoms with E-state index in [0.717, 1.165) is 25.7 Å². The van der Waals surface area contributed by atoms with Crippen LogP contribution >= 0.6 is 0 Å². The fourth-order valence-corrected chi connectivity index (χ4v) is 3.37. The van der Waals surface area contributed by atoms with Crippen LogP contribution in [0.2, 0.25) is 0 Å². The Balaban J connectivity index is 2.00. The Labute approximate surface area is 108 Å². The first-order chi connectivity index (χ1) is 8.44. The van der Waals surface area contributed by atoms with Gasteiger partial charge in [-0.1, -0.05) is 20.3 Å². The lowest BCUT2D eigenvalue weighted by Crippen LogP contribution is -2.48. The number of carboxylic acids is 1. The molecule has 0 aromatic rings.